The van der Waals surface area contributed by atoms with Crippen LogP contribution in [0.1, 0.15) is 25.8 Å². The van der Waals surface area contributed by atoms with E-state index in [9.17, 15) is 9.90 Å². The number of aliphatic carboxylic acids is 1. The molecule has 1 unspecified atom stereocenters. The van der Waals surface area contributed by atoms with E-state index < -0.39 is 12.0 Å². The van der Waals surface area contributed by atoms with Crippen molar-refractivity contribution in [3.63, 3.8) is 0 Å². The topological polar surface area (TPSA) is 75.4 Å². The van der Waals surface area contributed by atoms with Crippen LogP contribution in [0.25, 0.3) is 11.1 Å². The zero-order valence-corrected chi connectivity index (χ0v) is 11.3. The highest BCUT2D eigenvalue weighted by Gasteiger charge is 2.20. The third-order valence-corrected chi connectivity index (χ3v) is 2.85. The fourth-order valence-corrected chi connectivity index (χ4v) is 1.94. The lowest BCUT2D eigenvalue weighted by atomic mass is 10.0. The van der Waals surface area contributed by atoms with Crippen molar-refractivity contribution in [3.05, 3.63) is 23.8 Å². The van der Waals surface area contributed by atoms with Crippen molar-refractivity contribution in [1.82, 2.24) is 4.98 Å². The molecular formula is C14H18N2O3. The van der Waals surface area contributed by atoms with Crippen molar-refractivity contribution in [2.75, 3.05) is 5.32 Å². The second kappa shape index (κ2) is 5.30. The number of aromatic nitrogens is 1. The lowest BCUT2D eigenvalue weighted by molar-refractivity contribution is -0.138. The molecule has 0 aliphatic rings. The summed E-state index contributed by atoms with van der Waals surface area (Å²) in [6, 6.07) is 5.24. The Morgan fingerprint density at radius 2 is 2.21 bits per heavy atom. The minimum atomic E-state index is -0.896. The third-order valence-electron chi connectivity index (χ3n) is 2.85. The largest absolute Gasteiger partial charge is 0.480 e. The summed E-state index contributed by atoms with van der Waals surface area (Å²) in [6.07, 6.45) is 0.521. The molecule has 0 saturated carbocycles. The SMILES string of the molecule is Cc1ccc2oc(NC(CC(C)C)C(=O)O)nc2c1. The van der Waals surface area contributed by atoms with E-state index in [4.69, 9.17) is 4.42 Å². The van der Waals surface area contributed by atoms with Gasteiger partial charge < -0.3 is 14.8 Å². The number of fused-ring (bicyclic) bond motifs is 1. The van der Waals surface area contributed by atoms with Gasteiger partial charge in [0.15, 0.2) is 5.58 Å². The van der Waals surface area contributed by atoms with E-state index in [2.05, 4.69) is 10.3 Å². The molecule has 1 atom stereocenters. The molecular weight excluding hydrogens is 244 g/mol. The van der Waals surface area contributed by atoms with Crippen LogP contribution in [0.4, 0.5) is 6.01 Å². The fraction of sp³-hybridized carbons (Fsp3) is 0.429. The molecule has 2 rings (SSSR count). The predicted molar refractivity (Wildman–Crippen MR) is 73.2 cm³/mol. The zero-order valence-electron chi connectivity index (χ0n) is 11.3. The maximum atomic E-state index is 11.2. The van der Waals surface area contributed by atoms with Gasteiger partial charge in [-0.05, 0) is 37.0 Å². The molecule has 0 saturated heterocycles. The number of hydrogen-bond donors (Lipinski definition) is 2. The summed E-state index contributed by atoms with van der Waals surface area (Å²) >= 11 is 0. The number of oxazole rings is 1. The molecule has 0 bridgehead atoms. The smallest absolute Gasteiger partial charge is 0.326 e. The van der Waals surface area contributed by atoms with E-state index in [0.717, 1.165) is 11.1 Å². The maximum absolute atomic E-state index is 11.2. The van der Waals surface area contributed by atoms with Crippen molar-refractivity contribution in [2.45, 2.75) is 33.2 Å². The first kappa shape index (κ1) is 13.4. The molecule has 0 spiro atoms. The van der Waals surface area contributed by atoms with Gasteiger partial charge in [-0.1, -0.05) is 19.9 Å². The van der Waals surface area contributed by atoms with Gasteiger partial charge in [-0.25, -0.2) is 4.79 Å². The molecule has 19 heavy (non-hydrogen) atoms. The van der Waals surface area contributed by atoms with E-state index in [1.165, 1.54) is 0 Å². The Morgan fingerprint density at radius 3 is 2.84 bits per heavy atom. The first-order valence-electron chi connectivity index (χ1n) is 6.32. The number of anilines is 1. The van der Waals surface area contributed by atoms with Gasteiger partial charge in [0, 0.05) is 0 Å². The summed E-state index contributed by atoms with van der Waals surface area (Å²) in [6.45, 7) is 5.93. The summed E-state index contributed by atoms with van der Waals surface area (Å²) in [4.78, 5) is 15.4. The Balaban J connectivity index is 2.21. The van der Waals surface area contributed by atoms with Crippen molar-refractivity contribution in [2.24, 2.45) is 5.92 Å². The second-order valence-electron chi connectivity index (χ2n) is 5.15. The average molecular weight is 262 g/mol. The van der Waals surface area contributed by atoms with Crippen LogP contribution in [-0.4, -0.2) is 22.1 Å². The summed E-state index contributed by atoms with van der Waals surface area (Å²) in [5, 5.41) is 12.0. The number of nitrogens with zero attached hydrogens (tertiary/aromatic N) is 1. The Bertz CT molecular complexity index is 589. The van der Waals surface area contributed by atoms with Gasteiger partial charge >= 0.3 is 5.97 Å². The number of rotatable bonds is 5. The van der Waals surface area contributed by atoms with Crippen LogP contribution in [0.3, 0.4) is 0 Å². The van der Waals surface area contributed by atoms with Crippen molar-refractivity contribution in [3.8, 4) is 0 Å². The van der Waals surface area contributed by atoms with Crippen LogP contribution in [0.15, 0.2) is 22.6 Å². The van der Waals surface area contributed by atoms with Crippen LogP contribution in [0, 0.1) is 12.8 Å². The Kier molecular flexibility index (Phi) is 3.74. The summed E-state index contributed by atoms with van der Waals surface area (Å²) in [5.74, 6) is -0.618. The van der Waals surface area contributed by atoms with Crippen LogP contribution in [0.2, 0.25) is 0 Å². The maximum Gasteiger partial charge on any atom is 0.326 e. The van der Waals surface area contributed by atoms with Gasteiger partial charge in [0.25, 0.3) is 6.01 Å². The van der Waals surface area contributed by atoms with Gasteiger partial charge in [-0.2, -0.15) is 4.98 Å². The van der Waals surface area contributed by atoms with Crippen molar-refractivity contribution >= 4 is 23.1 Å². The first-order chi connectivity index (χ1) is 8.95. The molecule has 2 N–H and O–H groups in total. The quantitative estimate of drug-likeness (QED) is 0.866. The van der Waals surface area contributed by atoms with E-state index in [1.807, 2.05) is 39.0 Å². The molecule has 5 nitrogen and oxygen atoms in total. The average Bonchev–Trinajstić information content (AvgIpc) is 2.68. The van der Waals surface area contributed by atoms with E-state index in [0.29, 0.717) is 12.0 Å². The molecule has 1 heterocycles. The molecule has 0 radical (unpaired) electrons. The van der Waals surface area contributed by atoms with E-state index in [1.54, 1.807) is 0 Å². The van der Waals surface area contributed by atoms with Crippen LogP contribution >= 0.6 is 0 Å². The van der Waals surface area contributed by atoms with Gasteiger partial charge in [0.1, 0.15) is 11.6 Å². The molecule has 1 aromatic heterocycles. The lowest BCUT2D eigenvalue weighted by Gasteiger charge is -2.14. The van der Waals surface area contributed by atoms with Crippen LogP contribution < -0.4 is 5.32 Å². The zero-order chi connectivity index (χ0) is 14.0. The Hall–Kier alpha value is -2.04. The Morgan fingerprint density at radius 1 is 1.47 bits per heavy atom. The molecule has 0 fully saturated rings. The van der Waals surface area contributed by atoms with Gasteiger partial charge in [-0.3, -0.25) is 0 Å². The normalized spacial score (nSPS) is 12.8. The molecule has 0 amide bonds. The highest BCUT2D eigenvalue weighted by molar-refractivity contribution is 5.78. The number of carbonyl (C=O) groups is 1. The molecule has 5 heteroatoms. The lowest BCUT2D eigenvalue weighted by Crippen LogP contribution is -2.30. The van der Waals surface area contributed by atoms with Crippen molar-refractivity contribution < 1.29 is 14.3 Å². The molecule has 102 valence electrons. The predicted octanol–water partition coefficient (Wildman–Crippen LogP) is 3.05. The fourth-order valence-electron chi connectivity index (χ4n) is 1.94. The molecule has 0 aliphatic heterocycles. The van der Waals surface area contributed by atoms with Crippen molar-refractivity contribution in [1.29, 1.82) is 0 Å². The number of carboxylic acids is 1. The van der Waals surface area contributed by atoms with Gasteiger partial charge in [0.2, 0.25) is 0 Å². The Labute approximate surface area is 111 Å². The molecule has 0 aliphatic carbocycles. The minimum absolute atomic E-state index is 0.258. The highest BCUT2D eigenvalue weighted by Crippen LogP contribution is 2.21. The van der Waals surface area contributed by atoms with Crippen LogP contribution in [-0.2, 0) is 4.79 Å². The van der Waals surface area contributed by atoms with Gasteiger partial charge in [-0.15, -0.1) is 0 Å². The summed E-state index contributed by atoms with van der Waals surface area (Å²) in [5.41, 5.74) is 2.47. The van der Waals surface area contributed by atoms with E-state index in [-0.39, 0.29) is 11.9 Å². The van der Waals surface area contributed by atoms with Gasteiger partial charge in [0.05, 0.1) is 0 Å². The summed E-state index contributed by atoms with van der Waals surface area (Å²) in [7, 11) is 0. The number of nitrogens with one attached hydrogen (secondary N) is 1. The number of aryl methyl sites for hydroxylation is 1. The number of carboxylic acid groups (broad SMARTS) is 1. The number of benzene rings is 1. The number of hydrogen-bond acceptors (Lipinski definition) is 4. The standard InChI is InChI=1S/C14H18N2O3/c1-8(2)6-11(13(17)18)16-14-15-10-7-9(3)4-5-12(10)19-14/h4-5,7-8,11H,6H2,1-3H3,(H,15,16)(H,17,18). The van der Waals surface area contributed by atoms with E-state index >= 15 is 0 Å². The second-order valence-corrected chi connectivity index (χ2v) is 5.15. The summed E-state index contributed by atoms with van der Waals surface area (Å²) < 4.78 is 5.50. The molecule has 2 aromatic rings. The van der Waals surface area contributed by atoms with Crippen LogP contribution in [0.5, 0.6) is 0 Å². The third kappa shape index (κ3) is 3.24. The highest BCUT2D eigenvalue weighted by atomic mass is 16.4. The first-order valence-corrected chi connectivity index (χ1v) is 6.32. The molecule has 1 aromatic carbocycles. The monoisotopic (exact) mass is 262 g/mol. The minimum Gasteiger partial charge on any atom is -0.480 e.